The molecule has 0 aromatic heterocycles. The first-order valence-corrected chi connectivity index (χ1v) is 5.54. The van der Waals surface area contributed by atoms with Gasteiger partial charge in [-0.05, 0) is 42.9 Å². The highest BCUT2D eigenvalue weighted by Gasteiger charge is 2.02. The van der Waals surface area contributed by atoms with Gasteiger partial charge in [0.25, 0.3) is 0 Å². The quantitative estimate of drug-likeness (QED) is 0.761. The fourth-order valence-electron chi connectivity index (χ4n) is 1.70. The largest absolute Gasteiger partial charge is 0.330 e. The van der Waals surface area contributed by atoms with Gasteiger partial charge in [-0.1, -0.05) is 38.1 Å². The molecule has 0 aliphatic rings. The third kappa shape index (κ3) is 3.51. The molecule has 0 aliphatic carbocycles. The molecule has 0 saturated heterocycles. The number of aryl methyl sites for hydroxylation is 1. The van der Waals surface area contributed by atoms with Crippen molar-refractivity contribution in [3.05, 3.63) is 35.4 Å². The van der Waals surface area contributed by atoms with Crippen LogP contribution < -0.4 is 5.73 Å². The molecule has 0 spiro atoms. The first-order chi connectivity index (χ1) is 6.76. The predicted octanol–water partition coefficient (Wildman–Crippen LogP) is 2.78. The van der Waals surface area contributed by atoms with Crippen LogP contribution in [0.25, 0.3) is 0 Å². The fourth-order valence-corrected chi connectivity index (χ4v) is 1.70. The molecule has 0 aliphatic heterocycles. The van der Waals surface area contributed by atoms with Gasteiger partial charge in [-0.3, -0.25) is 0 Å². The first-order valence-electron chi connectivity index (χ1n) is 5.54. The third-order valence-corrected chi connectivity index (χ3v) is 2.67. The Hall–Kier alpha value is -0.820. The van der Waals surface area contributed by atoms with Crippen LogP contribution in [0.5, 0.6) is 0 Å². The lowest BCUT2D eigenvalue weighted by Crippen LogP contribution is -2.07. The molecule has 1 aromatic rings. The Morgan fingerprint density at radius 2 is 1.71 bits per heavy atom. The third-order valence-electron chi connectivity index (χ3n) is 2.67. The van der Waals surface area contributed by atoms with Crippen LogP contribution in [0.2, 0.25) is 0 Å². The molecule has 1 atom stereocenters. The van der Waals surface area contributed by atoms with Crippen molar-refractivity contribution in [3.63, 3.8) is 0 Å². The highest BCUT2D eigenvalue weighted by Crippen LogP contribution is 2.12. The summed E-state index contributed by atoms with van der Waals surface area (Å²) in [6.07, 6.45) is 3.40. The molecule has 1 aromatic carbocycles. The van der Waals surface area contributed by atoms with E-state index < -0.39 is 0 Å². The minimum absolute atomic E-state index is 0.701. The monoisotopic (exact) mass is 191 g/mol. The SMILES string of the molecule is CCc1ccc(CC(C)CCN)cc1. The van der Waals surface area contributed by atoms with Gasteiger partial charge in [-0.2, -0.15) is 0 Å². The maximum absolute atomic E-state index is 5.53. The van der Waals surface area contributed by atoms with Crippen LogP contribution in [-0.4, -0.2) is 6.54 Å². The van der Waals surface area contributed by atoms with Gasteiger partial charge in [0.1, 0.15) is 0 Å². The van der Waals surface area contributed by atoms with Crippen molar-refractivity contribution in [2.24, 2.45) is 11.7 Å². The van der Waals surface area contributed by atoms with Gasteiger partial charge in [-0.15, -0.1) is 0 Å². The molecule has 0 fully saturated rings. The van der Waals surface area contributed by atoms with Crippen LogP contribution in [0.1, 0.15) is 31.4 Å². The van der Waals surface area contributed by atoms with E-state index in [1.54, 1.807) is 0 Å². The molecule has 2 N–H and O–H groups in total. The molecular weight excluding hydrogens is 170 g/mol. The molecule has 1 heteroatoms. The molecule has 1 nitrogen and oxygen atoms in total. The molecule has 1 unspecified atom stereocenters. The molecule has 0 heterocycles. The average molecular weight is 191 g/mol. The smallest absolute Gasteiger partial charge is 0.00746 e. The second kappa shape index (κ2) is 5.82. The fraction of sp³-hybridized carbons (Fsp3) is 0.538. The summed E-state index contributed by atoms with van der Waals surface area (Å²) in [6.45, 7) is 5.25. The molecule has 0 bridgehead atoms. The van der Waals surface area contributed by atoms with Crippen molar-refractivity contribution in [1.82, 2.24) is 0 Å². The maximum Gasteiger partial charge on any atom is -0.00746 e. The highest BCUT2D eigenvalue weighted by molar-refractivity contribution is 5.22. The summed E-state index contributed by atoms with van der Waals surface area (Å²) < 4.78 is 0. The number of hydrogen-bond donors (Lipinski definition) is 1. The zero-order chi connectivity index (χ0) is 10.4. The van der Waals surface area contributed by atoms with E-state index in [-0.39, 0.29) is 0 Å². The molecule has 0 radical (unpaired) electrons. The van der Waals surface area contributed by atoms with Gasteiger partial charge < -0.3 is 5.73 Å². The Bertz CT molecular complexity index is 250. The van der Waals surface area contributed by atoms with E-state index in [1.807, 2.05) is 0 Å². The van der Waals surface area contributed by atoms with Crippen molar-refractivity contribution in [2.45, 2.75) is 33.1 Å². The number of benzene rings is 1. The Labute approximate surface area is 87.3 Å². The van der Waals surface area contributed by atoms with E-state index in [4.69, 9.17) is 5.73 Å². The molecular formula is C13H21N. The minimum Gasteiger partial charge on any atom is -0.330 e. The lowest BCUT2D eigenvalue weighted by molar-refractivity contribution is 0.538. The summed E-state index contributed by atoms with van der Waals surface area (Å²) >= 11 is 0. The molecule has 78 valence electrons. The Morgan fingerprint density at radius 3 is 2.21 bits per heavy atom. The number of nitrogens with two attached hydrogens (primary N) is 1. The highest BCUT2D eigenvalue weighted by atomic mass is 14.5. The maximum atomic E-state index is 5.53. The van der Waals surface area contributed by atoms with Crippen LogP contribution in [0.15, 0.2) is 24.3 Å². The Kier molecular flexibility index (Phi) is 4.68. The van der Waals surface area contributed by atoms with Gasteiger partial charge in [0.05, 0.1) is 0 Å². The molecule has 1 rings (SSSR count). The van der Waals surface area contributed by atoms with E-state index in [2.05, 4.69) is 38.1 Å². The van der Waals surface area contributed by atoms with Crippen molar-refractivity contribution >= 4 is 0 Å². The normalized spacial score (nSPS) is 12.8. The average Bonchev–Trinajstić information content (AvgIpc) is 2.19. The summed E-state index contributed by atoms with van der Waals surface area (Å²) in [5.41, 5.74) is 8.38. The lowest BCUT2D eigenvalue weighted by atomic mass is 9.97. The van der Waals surface area contributed by atoms with E-state index in [0.717, 1.165) is 25.8 Å². The van der Waals surface area contributed by atoms with Crippen LogP contribution in [0.3, 0.4) is 0 Å². The van der Waals surface area contributed by atoms with Crippen molar-refractivity contribution < 1.29 is 0 Å². The van der Waals surface area contributed by atoms with Gasteiger partial charge in [-0.25, -0.2) is 0 Å². The summed E-state index contributed by atoms with van der Waals surface area (Å²) in [6, 6.07) is 8.94. The minimum atomic E-state index is 0.701. The molecule has 14 heavy (non-hydrogen) atoms. The van der Waals surface area contributed by atoms with Gasteiger partial charge in [0.15, 0.2) is 0 Å². The second-order valence-electron chi connectivity index (χ2n) is 4.06. The van der Waals surface area contributed by atoms with Crippen molar-refractivity contribution in [3.8, 4) is 0 Å². The second-order valence-corrected chi connectivity index (χ2v) is 4.06. The Balaban J connectivity index is 2.50. The summed E-state index contributed by atoms with van der Waals surface area (Å²) in [4.78, 5) is 0. The van der Waals surface area contributed by atoms with Crippen LogP contribution in [0.4, 0.5) is 0 Å². The zero-order valence-corrected chi connectivity index (χ0v) is 9.29. The topological polar surface area (TPSA) is 26.0 Å². The standard InChI is InChI=1S/C13H21N/c1-3-12-4-6-13(7-5-12)10-11(2)8-9-14/h4-7,11H,3,8-10,14H2,1-2H3. The van der Waals surface area contributed by atoms with Crippen molar-refractivity contribution in [2.75, 3.05) is 6.54 Å². The lowest BCUT2D eigenvalue weighted by Gasteiger charge is -2.09. The van der Waals surface area contributed by atoms with Gasteiger partial charge in [0.2, 0.25) is 0 Å². The van der Waals surface area contributed by atoms with Crippen molar-refractivity contribution in [1.29, 1.82) is 0 Å². The number of hydrogen-bond acceptors (Lipinski definition) is 1. The zero-order valence-electron chi connectivity index (χ0n) is 9.29. The van der Waals surface area contributed by atoms with Crippen LogP contribution >= 0.6 is 0 Å². The predicted molar refractivity (Wildman–Crippen MR) is 62.4 cm³/mol. The van der Waals surface area contributed by atoms with E-state index in [0.29, 0.717) is 5.92 Å². The van der Waals surface area contributed by atoms with Gasteiger partial charge in [0, 0.05) is 0 Å². The Morgan fingerprint density at radius 1 is 1.14 bits per heavy atom. The summed E-state index contributed by atoms with van der Waals surface area (Å²) in [5.74, 6) is 0.701. The summed E-state index contributed by atoms with van der Waals surface area (Å²) in [7, 11) is 0. The van der Waals surface area contributed by atoms with E-state index in [1.165, 1.54) is 11.1 Å². The van der Waals surface area contributed by atoms with Gasteiger partial charge >= 0.3 is 0 Å². The molecule has 0 saturated carbocycles. The molecule has 0 amide bonds. The van der Waals surface area contributed by atoms with E-state index >= 15 is 0 Å². The van der Waals surface area contributed by atoms with E-state index in [9.17, 15) is 0 Å². The van der Waals surface area contributed by atoms with Crippen LogP contribution in [-0.2, 0) is 12.8 Å². The number of rotatable bonds is 5. The van der Waals surface area contributed by atoms with Crippen LogP contribution in [0, 0.1) is 5.92 Å². The summed E-state index contributed by atoms with van der Waals surface area (Å²) in [5, 5.41) is 0. The first kappa shape index (κ1) is 11.3.